The Morgan fingerprint density at radius 3 is 2.35 bits per heavy atom. The normalized spacial score (nSPS) is 9.83. The second-order valence-electron chi connectivity index (χ2n) is 4.72. The van der Waals surface area contributed by atoms with Crippen LogP contribution in [0.2, 0.25) is 0 Å². The number of nitrogens with two attached hydrogens (primary N) is 1. The molecular formula is C16H17ClFN3O2. The van der Waals surface area contributed by atoms with Crippen LogP contribution in [0.1, 0.15) is 16.7 Å². The molecule has 0 aliphatic heterocycles. The van der Waals surface area contributed by atoms with E-state index in [4.69, 9.17) is 11.1 Å². The van der Waals surface area contributed by atoms with E-state index in [1.165, 1.54) is 12.1 Å². The zero-order valence-corrected chi connectivity index (χ0v) is 13.0. The van der Waals surface area contributed by atoms with Gasteiger partial charge < -0.3 is 10.8 Å². The van der Waals surface area contributed by atoms with Crippen molar-refractivity contribution < 1.29 is 14.3 Å². The number of hydrogen-bond donors (Lipinski definition) is 3. The van der Waals surface area contributed by atoms with Gasteiger partial charge in [-0.1, -0.05) is 36.4 Å². The Kier molecular flexibility index (Phi) is 6.68. The molecule has 23 heavy (non-hydrogen) atoms. The Balaban J connectivity index is 0.00000264. The van der Waals surface area contributed by atoms with Crippen molar-refractivity contribution in [3.05, 3.63) is 71.0 Å². The van der Waals surface area contributed by atoms with E-state index in [1.807, 2.05) is 6.07 Å². The first-order valence-corrected chi connectivity index (χ1v) is 6.64. The summed E-state index contributed by atoms with van der Waals surface area (Å²) in [6.45, 7) is 0.157. The number of hydrogen-bond acceptors (Lipinski definition) is 3. The molecule has 5 nitrogen and oxygen atoms in total. The molecule has 0 spiro atoms. The molecular weight excluding hydrogens is 321 g/mol. The first-order chi connectivity index (χ1) is 10.5. The molecule has 0 unspecified atom stereocenters. The van der Waals surface area contributed by atoms with Gasteiger partial charge in [0.05, 0.1) is 12.1 Å². The molecule has 122 valence electrons. The second kappa shape index (κ2) is 8.26. The number of carbonyl (C=O) groups is 1. The lowest BCUT2D eigenvalue weighted by Crippen LogP contribution is -2.35. The highest BCUT2D eigenvalue weighted by Gasteiger charge is 2.21. The van der Waals surface area contributed by atoms with Gasteiger partial charge in [0.15, 0.2) is 0 Å². The van der Waals surface area contributed by atoms with Gasteiger partial charge in [-0.15, -0.1) is 12.4 Å². The van der Waals surface area contributed by atoms with Crippen LogP contribution in [0.5, 0.6) is 0 Å². The lowest BCUT2D eigenvalue weighted by atomic mass is 10.1. The fourth-order valence-corrected chi connectivity index (χ4v) is 2.03. The summed E-state index contributed by atoms with van der Waals surface area (Å²) in [5.74, 6) is -1.07. The second-order valence-corrected chi connectivity index (χ2v) is 4.72. The quantitative estimate of drug-likeness (QED) is 0.591. The predicted octanol–water partition coefficient (Wildman–Crippen LogP) is 3.21. The Morgan fingerprint density at radius 2 is 1.83 bits per heavy atom. The summed E-state index contributed by atoms with van der Waals surface area (Å²) in [5, 5.41) is 17.3. The van der Waals surface area contributed by atoms with Crippen LogP contribution in [0.4, 0.5) is 9.18 Å². The van der Waals surface area contributed by atoms with Gasteiger partial charge >= 0.3 is 6.09 Å². The number of halogens is 2. The van der Waals surface area contributed by atoms with Crippen LogP contribution >= 0.6 is 12.4 Å². The molecule has 0 aromatic heterocycles. The minimum Gasteiger partial charge on any atom is -0.465 e. The van der Waals surface area contributed by atoms with Crippen LogP contribution in [-0.4, -0.2) is 21.9 Å². The number of rotatable bonds is 4. The first kappa shape index (κ1) is 18.6. The summed E-state index contributed by atoms with van der Waals surface area (Å²) in [6.07, 6.45) is -1.31. The number of benzene rings is 2. The Bertz CT molecular complexity index is 695. The molecule has 2 rings (SSSR count). The SMILES string of the molecule is Cl.N=C(c1ccc(CN)cc1F)N(Cc1ccccc1)C(=O)O. The maximum Gasteiger partial charge on any atom is 0.413 e. The third kappa shape index (κ3) is 4.51. The summed E-state index contributed by atoms with van der Waals surface area (Å²) < 4.78 is 14.0. The maximum absolute atomic E-state index is 14.0. The largest absolute Gasteiger partial charge is 0.465 e. The molecule has 7 heteroatoms. The van der Waals surface area contributed by atoms with Crippen molar-refractivity contribution in [3.63, 3.8) is 0 Å². The van der Waals surface area contributed by atoms with E-state index in [2.05, 4.69) is 0 Å². The van der Waals surface area contributed by atoms with E-state index >= 15 is 0 Å². The maximum atomic E-state index is 14.0. The van der Waals surface area contributed by atoms with Gasteiger partial charge in [-0.3, -0.25) is 10.3 Å². The Hall–Kier alpha value is -2.44. The minimum atomic E-state index is -1.31. The fourth-order valence-electron chi connectivity index (χ4n) is 2.03. The van der Waals surface area contributed by atoms with Gasteiger partial charge in [-0.2, -0.15) is 0 Å². The molecule has 2 aromatic rings. The number of amidine groups is 1. The van der Waals surface area contributed by atoms with Gasteiger partial charge in [-0.05, 0) is 23.3 Å². The van der Waals surface area contributed by atoms with Crippen molar-refractivity contribution in [2.24, 2.45) is 5.73 Å². The molecule has 0 fully saturated rings. The van der Waals surface area contributed by atoms with Gasteiger partial charge in [0.2, 0.25) is 0 Å². The highest BCUT2D eigenvalue weighted by atomic mass is 35.5. The van der Waals surface area contributed by atoms with Crippen LogP contribution < -0.4 is 5.73 Å². The number of nitrogens with one attached hydrogen (secondary N) is 1. The minimum absolute atomic E-state index is 0. The predicted molar refractivity (Wildman–Crippen MR) is 88.4 cm³/mol. The van der Waals surface area contributed by atoms with Crippen LogP contribution in [0.25, 0.3) is 0 Å². The number of amides is 1. The van der Waals surface area contributed by atoms with Crippen molar-refractivity contribution in [1.29, 1.82) is 5.41 Å². The molecule has 0 heterocycles. The van der Waals surface area contributed by atoms with Gasteiger partial charge in [0, 0.05) is 6.54 Å². The van der Waals surface area contributed by atoms with Crippen molar-refractivity contribution in [2.75, 3.05) is 0 Å². The topological polar surface area (TPSA) is 90.4 Å². The smallest absolute Gasteiger partial charge is 0.413 e. The van der Waals surface area contributed by atoms with E-state index in [-0.39, 0.29) is 31.1 Å². The van der Waals surface area contributed by atoms with E-state index in [0.29, 0.717) is 11.1 Å². The summed E-state index contributed by atoms with van der Waals surface area (Å²) in [7, 11) is 0. The molecule has 2 aromatic carbocycles. The summed E-state index contributed by atoms with van der Waals surface area (Å²) >= 11 is 0. The van der Waals surface area contributed by atoms with Crippen molar-refractivity contribution in [3.8, 4) is 0 Å². The summed E-state index contributed by atoms with van der Waals surface area (Å²) in [6, 6.07) is 13.0. The lowest BCUT2D eigenvalue weighted by molar-refractivity contribution is 0.167. The van der Waals surface area contributed by atoms with Gasteiger partial charge in [0.25, 0.3) is 0 Å². The Labute approximate surface area is 139 Å². The van der Waals surface area contributed by atoms with E-state index in [1.54, 1.807) is 30.3 Å². The van der Waals surface area contributed by atoms with E-state index in [0.717, 1.165) is 4.90 Å². The zero-order chi connectivity index (χ0) is 16.1. The van der Waals surface area contributed by atoms with E-state index < -0.39 is 17.7 Å². The van der Waals surface area contributed by atoms with Crippen LogP contribution in [0.15, 0.2) is 48.5 Å². The summed E-state index contributed by atoms with van der Waals surface area (Å²) in [5.41, 5.74) is 6.66. The van der Waals surface area contributed by atoms with Crippen LogP contribution in [0.3, 0.4) is 0 Å². The number of carboxylic acid groups (broad SMARTS) is 1. The standard InChI is InChI=1S/C16H16FN3O2.ClH/c17-14-8-12(9-18)6-7-13(14)15(19)20(16(21)22)10-11-4-2-1-3-5-11;/h1-8,19H,9-10,18H2,(H,21,22);1H. The average Bonchev–Trinajstić information content (AvgIpc) is 2.52. The zero-order valence-electron chi connectivity index (χ0n) is 12.2. The molecule has 0 saturated carbocycles. The van der Waals surface area contributed by atoms with Crippen LogP contribution in [0, 0.1) is 11.2 Å². The molecule has 0 aliphatic carbocycles. The third-order valence-corrected chi connectivity index (χ3v) is 3.21. The van der Waals surface area contributed by atoms with Crippen molar-refractivity contribution in [2.45, 2.75) is 13.1 Å². The monoisotopic (exact) mass is 337 g/mol. The fraction of sp³-hybridized carbons (Fsp3) is 0.125. The van der Waals surface area contributed by atoms with Crippen LogP contribution in [-0.2, 0) is 13.1 Å². The highest BCUT2D eigenvalue weighted by molar-refractivity contribution is 6.04. The average molecular weight is 338 g/mol. The molecule has 0 saturated heterocycles. The van der Waals surface area contributed by atoms with Crippen molar-refractivity contribution in [1.82, 2.24) is 4.90 Å². The lowest BCUT2D eigenvalue weighted by Gasteiger charge is -2.20. The molecule has 1 amide bonds. The third-order valence-electron chi connectivity index (χ3n) is 3.21. The summed E-state index contributed by atoms with van der Waals surface area (Å²) in [4.78, 5) is 12.2. The van der Waals surface area contributed by atoms with Crippen molar-refractivity contribution >= 4 is 24.3 Å². The van der Waals surface area contributed by atoms with Gasteiger partial charge in [0.1, 0.15) is 11.7 Å². The van der Waals surface area contributed by atoms with Gasteiger partial charge in [-0.25, -0.2) is 9.18 Å². The molecule has 0 radical (unpaired) electrons. The number of nitrogens with zero attached hydrogens (tertiary/aromatic N) is 1. The molecule has 0 atom stereocenters. The highest BCUT2D eigenvalue weighted by Crippen LogP contribution is 2.15. The molecule has 0 aliphatic rings. The molecule has 0 bridgehead atoms. The van der Waals surface area contributed by atoms with E-state index in [9.17, 15) is 14.3 Å². The Morgan fingerprint density at radius 1 is 1.17 bits per heavy atom. The molecule has 4 N–H and O–H groups in total. The first-order valence-electron chi connectivity index (χ1n) is 6.64.